The summed E-state index contributed by atoms with van der Waals surface area (Å²) < 4.78 is 5.35. The van der Waals surface area contributed by atoms with E-state index in [1.165, 1.54) is 43.2 Å². The Morgan fingerprint density at radius 1 is 1.15 bits per heavy atom. The summed E-state index contributed by atoms with van der Waals surface area (Å²) >= 11 is 2.04. The number of ether oxygens (including phenoxy) is 1. The Morgan fingerprint density at radius 2 is 2.05 bits per heavy atom. The van der Waals surface area contributed by atoms with Gasteiger partial charge in [-0.05, 0) is 68.0 Å². The first kappa shape index (κ1) is 14.3. The summed E-state index contributed by atoms with van der Waals surface area (Å²) in [5.41, 5.74) is 2.99. The molecule has 20 heavy (non-hydrogen) atoms. The van der Waals surface area contributed by atoms with Crippen LogP contribution in [0.25, 0.3) is 0 Å². The van der Waals surface area contributed by atoms with Crippen molar-refractivity contribution in [2.75, 3.05) is 13.4 Å². The summed E-state index contributed by atoms with van der Waals surface area (Å²) in [6.07, 6.45) is 9.98. The van der Waals surface area contributed by atoms with Crippen molar-refractivity contribution >= 4 is 11.8 Å². The van der Waals surface area contributed by atoms with Crippen LogP contribution in [0.4, 0.5) is 0 Å². The molecule has 0 spiro atoms. The Hall–Kier alpha value is -0.670. The summed E-state index contributed by atoms with van der Waals surface area (Å²) in [5, 5.41) is 4.78. The molecule has 0 bridgehead atoms. The number of hydrogen-bond donors (Lipinski definition) is 1. The number of hydrogen-bond acceptors (Lipinski definition) is 3. The average molecular weight is 291 g/mol. The minimum absolute atomic E-state index is 0.653. The molecule has 1 N–H and O–H groups in total. The van der Waals surface area contributed by atoms with Crippen LogP contribution in [0.5, 0.6) is 5.75 Å². The summed E-state index contributed by atoms with van der Waals surface area (Å²) in [4.78, 5) is 0. The number of methoxy groups -OCH3 is 1. The van der Waals surface area contributed by atoms with Gasteiger partial charge < -0.3 is 10.1 Å². The molecular formula is C17H25NOS. The fourth-order valence-corrected chi connectivity index (χ4v) is 4.44. The van der Waals surface area contributed by atoms with Crippen molar-refractivity contribution in [1.82, 2.24) is 5.32 Å². The molecule has 1 aromatic carbocycles. The molecular weight excluding hydrogens is 266 g/mol. The summed E-state index contributed by atoms with van der Waals surface area (Å²) in [6, 6.07) is 7.95. The number of nitrogens with one attached hydrogen (secondary N) is 1. The third-order valence-corrected chi connectivity index (χ3v) is 5.93. The topological polar surface area (TPSA) is 21.3 Å². The predicted octanol–water partition coefficient (Wildman–Crippen LogP) is 3.43. The second-order valence-corrected chi connectivity index (χ2v) is 7.25. The second kappa shape index (κ2) is 6.40. The zero-order chi connectivity index (χ0) is 13.9. The largest absolute Gasteiger partial charge is 0.497 e. The molecule has 1 fully saturated rings. The lowest BCUT2D eigenvalue weighted by molar-refractivity contribution is 0.391. The van der Waals surface area contributed by atoms with Gasteiger partial charge in [0.1, 0.15) is 5.75 Å². The SMILES string of the molecule is COc1ccc2c(c1)CC(NC1CCC(SC)C1)CC2. The number of thioether (sulfide) groups is 1. The van der Waals surface area contributed by atoms with Crippen LogP contribution in [-0.2, 0) is 12.8 Å². The molecule has 0 saturated heterocycles. The van der Waals surface area contributed by atoms with Crippen LogP contribution in [0.15, 0.2) is 18.2 Å². The van der Waals surface area contributed by atoms with Gasteiger partial charge in [0.25, 0.3) is 0 Å². The smallest absolute Gasteiger partial charge is 0.119 e. The molecule has 3 rings (SSSR count). The molecule has 2 aliphatic carbocycles. The van der Waals surface area contributed by atoms with Crippen LogP contribution in [0.2, 0.25) is 0 Å². The quantitative estimate of drug-likeness (QED) is 0.918. The summed E-state index contributed by atoms with van der Waals surface area (Å²) in [6.45, 7) is 0. The van der Waals surface area contributed by atoms with Crippen molar-refractivity contribution in [1.29, 1.82) is 0 Å². The molecule has 1 saturated carbocycles. The number of benzene rings is 1. The van der Waals surface area contributed by atoms with Crippen molar-refractivity contribution in [3.63, 3.8) is 0 Å². The van der Waals surface area contributed by atoms with Gasteiger partial charge in [-0.1, -0.05) is 6.07 Å². The van der Waals surface area contributed by atoms with Crippen molar-refractivity contribution < 1.29 is 4.74 Å². The zero-order valence-corrected chi connectivity index (χ0v) is 13.3. The highest BCUT2D eigenvalue weighted by molar-refractivity contribution is 7.99. The maximum atomic E-state index is 5.35. The van der Waals surface area contributed by atoms with Gasteiger partial charge in [-0.15, -0.1) is 0 Å². The Labute approximate surface area is 126 Å². The van der Waals surface area contributed by atoms with E-state index in [0.717, 1.165) is 23.5 Å². The molecule has 0 heterocycles. The van der Waals surface area contributed by atoms with Gasteiger partial charge in [0, 0.05) is 17.3 Å². The third-order valence-electron chi connectivity index (χ3n) is 4.83. The van der Waals surface area contributed by atoms with E-state index in [2.05, 4.69) is 29.8 Å². The van der Waals surface area contributed by atoms with Gasteiger partial charge in [-0.25, -0.2) is 0 Å². The Balaban J connectivity index is 1.60. The van der Waals surface area contributed by atoms with Crippen molar-refractivity contribution in [3.8, 4) is 5.75 Å². The second-order valence-electron chi connectivity index (χ2n) is 6.11. The lowest BCUT2D eigenvalue weighted by atomic mass is 9.87. The van der Waals surface area contributed by atoms with Crippen LogP contribution < -0.4 is 10.1 Å². The summed E-state index contributed by atoms with van der Waals surface area (Å²) in [5.74, 6) is 0.993. The van der Waals surface area contributed by atoms with Gasteiger partial charge in [0.05, 0.1) is 7.11 Å². The first-order valence-electron chi connectivity index (χ1n) is 7.73. The van der Waals surface area contributed by atoms with Crippen LogP contribution in [-0.4, -0.2) is 30.7 Å². The molecule has 110 valence electrons. The van der Waals surface area contributed by atoms with E-state index in [1.54, 1.807) is 7.11 Å². The zero-order valence-electron chi connectivity index (χ0n) is 12.5. The van der Waals surface area contributed by atoms with E-state index in [-0.39, 0.29) is 0 Å². The maximum Gasteiger partial charge on any atom is 0.119 e. The molecule has 3 unspecified atom stereocenters. The highest BCUT2D eigenvalue weighted by Crippen LogP contribution is 2.30. The fourth-order valence-electron chi connectivity index (χ4n) is 3.64. The van der Waals surface area contributed by atoms with Gasteiger partial charge in [-0.2, -0.15) is 11.8 Å². The first-order valence-corrected chi connectivity index (χ1v) is 9.02. The van der Waals surface area contributed by atoms with Crippen LogP contribution in [0.3, 0.4) is 0 Å². The summed E-state index contributed by atoms with van der Waals surface area (Å²) in [7, 11) is 1.75. The van der Waals surface area contributed by atoms with Crippen LogP contribution in [0, 0.1) is 0 Å². The molecule has 1 aromatic rings. The standard InChI is InChI=1S/C17H25NOS/c1-19-16-7-4-12-3-5-14(9-13(12)10-16)18-15-6-8-17(11-15)20-2/h4,7,10,14-15,17-18H,3,5-6,8-9,11H2,1-2H3. The molecule has 2 aliphatic rings. The molecule has 3 heteroatoms. The van der Waals surface area contributed by atoms with E-state index >= 15 is 0 Å². The molecule has 0 aromatic heterocycles. The molecule has 3 atom stereocenters. The average Bonchev–Trinajstić information content (AvgIpc) is 2.94. The van der Waals surface area contributed by atoms with Crippen LogP contribution >= 0.6 is 11.8 Å². The lowest BCUT2D eigenvalue weighted by Gasteiger charge is -2.28. The van der Waals surface area contributed by atoms with E-state index in [9.17, 15) is 0 Å². The Morgan fingerprint density at radius 3 is 2.80 bits per heavy atom. The van der Waals surface area contributed by atoms with Crippen molar-refractivity contribution in [2.24, 2.45) is 0 Å². The number of rotatable bonds is 4. The van der Waals surface area contributed by atoms with E-state index in [0.29, 0.717) is 6.04 Å². The van der Waals surface area contributed by atoms with Crippen LogP contribution in [0.1, 0.15) is 36.8 Å². The van der Waals surface area contributed by atoms with E-state index < -0.39 is 0 Å². The molecule has 0 amide bonds. The third kappa shape index (κ3) is 3.15. The molecule has 0 aliphatic heterocycles. The lowest BCUT2D eigenvalue weighted by Crippen LogP contribution is -2.40. The van der Waals surface area contributed by atoms with Gasteiger partial charge in [0.15, 0.2) is 0 Å². The number of fused-ring (bicyclic) bond motifs is 1. The monoisotopic (exact) mass is 291 g/mol. The maximum absolute atomic E-state index is 5.35. The van der Waals surface area contributed by atoms with Gasteiger partial charge >= 0.3 is 0 Å². The van der Waals surface area contributed by atoms with Gasteiger partial charge in [-0.3, -0.25) is 0 Å². The van der Waals surface area contributed by atoms with E-state index in [1.807, 2.05) is 11.8 Å². The first-order chi connectivity index (χ1) is 9.78. The Bertz CT molecular complexity index is 462. The highest BCUT2D eigenvalue weighted by atomic mass is 32.2. The predicted molar refractivity (Wildman–Crippen MR) is 86.9 cm³/mol. The van der Waals surface area contributed by atoms with Crippen molar-refractivity contribution in [2.45, 2.75) is 55.9 Å². The molecule has 0 radical (unpaired) electrons. The number of aryl methyl sites for hydroxylation is 1. The van der Waals surface area contributed by atoms with Crippen molar-refractivity contribution in [3.05, 3.63) is 29.3 Å². The minimum atomic E-state index is 0.653. The minimum Gasteiger partial charge on any atom is -0.497 e. The van der Waals surface area contributed by atoms with Gasteiger partial charge in [0.2, 0.25) is 0 Å². The fraction of sp³-hybridized carbons (Fsp3) is 0.647. The normalized spacial score (nSPS) is 29.2. The van der Waals surface area contributed by atoms with E-state index in [4.69, 9.17) is 4.74 Å². The highest BCUT2D eigenvalue weighted by Gasteiger charge is 2.27. The molecule has 2 nitrogen and oxygen atoms in total. The Kier molecular flexibility index (Phi) is 4.57.